The van der Waals surface area contributed by atoms with Gasteiger partial charge in [0.25, 0.3) is 0 Å². The number of anilines is 2. The number of carboxylic acid groups (broad SMARTS) is 1. The van der Waals surface area contributed by atoms with Crippen LogP contribution in [-0.4, -0.2) is 23.1 Å². The normalized spacial score (nSPS) is 10.7. The van der Waals surface area contributed by atoms with Gasteiger partial charge >= 0.3 is 12.0 Å². The molecule has 0 fully saturated rings. The standard InChI is InChI=1S/C15H12N2O3/c1-17(11-5-3-2-4-6-11)15-16-12-8-7-10(14(18)19)9-13(12)20-15/h2-9H,1H3,(H,18,19). The summed E-state index contributed by atoms with van der Waals surface area (Å²) >= 11 is 0. The Morgan fingerprint density at radius 3 is 2.65 bits per heavy atom. The first kappa shape index (κ1) is 12.2. The van der Waals surface area contributed by atoms with Gasteiger partial charge in [-0.1, -0.05) is 18.2 Å². The molecule has 0 bridgehead atoms. The van der Waals surface area contributed by atoms with E-state index in [-0.39, 0.29) is 5.56 Å². The lowest BCUT2D eigenvalue weighted by Crippen LogP contribution is -2.09. The molecule has 3 aromatic rings. The van der Waals surface area contributed by atoms with Gasteiger partial charge in [-0.15, -0.1) is 0 Å². The summed E-state index contributed by atoms with van der Waals surface area (Å²) in [5.41, 5.74) is 2.22. The van der Waals surface area contributed by atoms with Gasteiger partial charge in [-0.05, 0) is 30.3 Å². The average Bonchev–Trinajstić information content (AvgIpc) is 2.90. The minimum atomic E-state index is -0.985. The largest absolute Gasteiger partial charge is 0.478 e. The summed E-state index contributed by atoms with van der Waals surface area (Å²) in [5, 5.41) is 8.97. The van der Waals surface area contributed by atoms with Crippen molar-refractivity contribution in [3.8, 4) is 0 Å². The second-order valence-electron chi connectivity index (χ2n) is 4.38. The van der Waals surface area contributed by atoms with E-state index in [1.807, 2.05) is 37.4 Å². The Bertz CT molecular complexity index is 765. The van der Waals surface area contributed by atoms with Gasteiger partial charge < -0.3 is 9.52 Å². The zero-order chi connectivity index (χ0) is 14.1. The maximum Gasteiger partial charge on any atom is 0.335 e. The van der Waals surface area contributed by atoms with Crippen molar-refractivity contribution >= 4 is 28.8 Å². The molecule has 0 saturated heterocycles. The number of benzene rings is 2. The minimum absolute atomic E-state index is 0.183. The Morgan fingerprint density at radius 1 is 1.20 bits per heavy atom. The van der Waals surface area contributed by atoms with Crippen LogP contribution in [0.25, 0.3) is 11.1 Å². The van der Waals surface area contributed by atoms with E-state index in [0.29, 0.717) is 17.1 Å². The van der Waals surface area contributed by atoms with Gasteiger partial charge in [0.2, 0.25) is 0 Å². The number of nitrogens with zero attached hydrogens (tertiary/aromatic N) is 2. The van der Waals surface area contributed by atoms with Gasteiger partial charge in [-0.3, -0.25) is 4.90 Å². The Balaban J connectivity index is 2.03. The quantitative estimate of drug-likeness (QED) is 0.789. The summed E-state index contributed by atoms with van der Waals surface area (Å²) in [5.74, 6) is -0.985. The van der Waals surface area contributed by atoms with Crippen molar-refractivity contribution in [2.24, 2.45) is 0 Å². The third kappa shape index (κ3) is 2.09. The summed E-state index contributed by atoms with van der Waals surface area (Å²) in [7, 11) is 1.85. The van der Waals surface area contributed by atoms with Crippen LogP contribution in [0.2, 0.25) is 0 Å². The number of hydrogen-bond acceptors (Lipinski definition) is 4. The van der Waals surface area contributed by atoms with Crippen molar-refractivity contribution in [1.82, 2.24) is 4.98 Å². The molecule has 3 rings (SSSR count). The van der Waals surface area contributed by atoms with Gasteiger partial charge in [-0.2, -0.15) is 4.98 Å². The molecule has 1 N–H and O–H groups in total. The molecule has 0 aliphatic carbocycles. The first-order valence-electron chi connectivity index (χ1n) is 6.08. The predicted octanol–water partition coefficient (Wildman–Crippen LogP) is 3.29. The SMILES string of the molecule is CN(c1ccccc1)c1nc2ccc(C(=O)O)cc2o1. The number of rotatable bonds is 3. The molecule has 0 unspecified atom stereocenters. The Hall–Kier alpha value is -2.82. The fourth-order valence-electron chi connectivity index (χ4n) is 1.95. The highest BCUT2D eigenvalue weighted by Gasteiger charge is 2.13. The molecule has 1 aromatic heterocycles. The van der Waals surface area contributed by atoms with Crippen LogP contribution in [0.4, 0.5) is 11.7 Å². The molecule has 0 aliphatic heterocycles. The molecular formula is C15H12N2O3. The number of hydrogen-bond donors (Lipinski definition) is 1. The van der Waals surface area contributed by atoms with Crippen LogP contribution < -0.4 is 4.90 Å². The number of oxazole rings is 1. The van der Waals surface area contributed by atoms with Crippen LogP contribution in [-0.2, 0) is 0 Å². The second-order valence-corrected chi connectivity index (χ2v) is 4.38. The molecular weight excluding hydrogens is 256 g/mol. The van der Waals surface area contributed by atoms with Crippen LogP contribution in [0.5, 0.6) is 0 Å². The Morgan fingerprint density at radius 2 is 1.95 bits per heavy atom. The molecule has 0 aliphatic rings. The van der Waals surface area contributed by atoms with Crippen molar-refractivity contribution in [2.45, 2.75) is 0 Å². The van der Waals surface area contributed by atoms with Gasteiger partial charge in [0.1, 0.15) is 5.52 Å². The molecule has 2 aromatic carbocycles. The third-order valence-corrected chi connectivity index (χ3v) is 3.05. The monoisotopic (exact) mass is 268 g/mol. The molecule has 0 amide bonds. The summed E-state index contributed by atoms with van der Waals surface area (Å²) in [6.07, 6.45) is 0. The minimum Gasteiger partial charge on any atom is -0.478 e. The van der Waals surface area contributed by atoms with Crippen LogP contribution in [0.3, 0.4) is 0 Å². The van der Waals surface area contributed by atoms with Crippen molar-refractivity contribution < 1.29 is 14.3 Å². The van der Waals surface area contributed by atoms with Gasteiger partial charge in [0.15, 0.2) is 5.58 Å². The van der Waals surface area contributed by atoms with E-state index < -0.39 is 5.97 Å². The third-order valence-electron chi connectivity index (χ3n) is 3.05. The van der Waals surface area contributed by atoms with E-state index in [1.54, 1.807) is 11.0 Å². The molecule has 1 heterocycles. The smallest absolute Gasteiger partial charge is 0.335 e. The van der Waals surface area contributed by atoms with E-state index in [4.69, 9.17) is 9.52 Å². The highest BCUT2D eigenvalue weighted by atomic mass is 16.4. The van der Waals surface area contributed by atoms with Crippen molar-refractivity contribution in [3.63, 3.8) is 0 Å². The van der Waals surface area contributed by atoms with Gasteiger partial charge in [-0.25, -0.2) is 4.79 Å². The van der Waals surface area contributed by atoms with Crippen molar-refractivity contribution in [1.29, 1.82) is 0 Å². The summed E-state index contributed by atoms with van der Waals surface area (Å²) in [6, 6.07) is 14.7. The molecule has 5 heteroatoms. The molecule has 20 heavy (non-hydrogen) atoms. The van der Waals surface area contributed by atoms with E-state index >= 15 is 0 Å². The number of carbonyl (C=O) groups is 1. The van der Waals surface area contributed by atoms with Gasteiger partial charge in [0.05, 0.1) is 5.56 Å². The number of carboxylic acids is 1. The number of aromatic nitrogens is 1. The molecule has 5 nitrogen and oxygen atoms in total. The summed E-state index contributed by atoms with van der Waals surface area (Å²) in [6.45, 7) is 0. The van der Waals surface area contributed by atoms with Crippen LogP contribution in [0.1, 0.15) is 10.4 Å². The van der Waals surface area contributed by atoms with Gasteiger partial charge in [0, 0.05) is 12.7 Å². The fraction of sp³-hybridized carbons (Fsp3) is 0.0667. The molecule has 0 atom stereocenters. The Labute approximate surface area is 115 Å². The fourth-order valence-corrected chi connectivity index (χ4v) is 1.95. The second kappa shape index (κ2) is 4.70. The lowest BCUT2D eigenvalue weighted by Gasteiger charge is -2.13. The number of fused-ring (bicyclic) bond motifs is 1. The van der Waals surface area contributed by atoms with Crippen molar-refractivity contribution in [2.75, 3.05) is 11.9 Å². The van der Waals surface area contributed by atoms with E-state index in [2.05, 4.69) is 4.98 Å². The summed E-state index contributed by atoms with van der Waals surface area (Å²) < 4.78 is 5.63. The lowest BCUT2D eigenvalue weighted by atomic mass is 10.2. The average molecular weight is 268 g/mol. The summed E-state index contributed by atoms with van der Waals surface area (Å²) in [4.78, 5) is 17.1. The van der Waals surface area contributed by atoms with E-state index in [0.717, 1.165) is 5.69 Å². The topological polar surface area (TPSA) is 66.6 Å². The highest BCUT2D eigenvalue weighted by Crippen LogP contribution is 2.27. The molecule has 0 radical (unpaired) electrons. The van der Waals surface area contributed by atoms with E-state index in [1.165, 1.54) is 12.1 Å². The number of para-hydroxylation sites is 1. The zero-order valence-corrected chi connectivity index (χ0v) is 10.8. The van der Waals surface area contributed by atoms with Crippen LogP contribution in [0.15, 0.2) is 52.9 Å². The molecule has 0 saturated carbocycles. The predicted molar refractivity (Wildman–Crippen MR) is 75.5 cm³/mol. The maximum atomic E-state index is 10.9. The van der Waals surface area contributed by atoms with Crippen molar-refractivity contribution in [3.05, 3.63) is 54.1 Å². The molecule has 0 spiro atoms. The van der Waals surface area contributed by atoms with Crippen LogP contribution >= 0.6 is 0 Å². The first-order valence-corrected chi connectivity index (χ1v) is 6.08. The first-order chi connectivity index (χ1) is 9.65. The van der Waals surface area contributed by atoms with E-state index in [9.17, 15) is 4.79 Å². The Kier molecular flexibility index (Phi) is 2.87. The van der Waals surface area contributed by atoms with Crippen LogP contribution in [0, 0.1) is 0 Å². The lowest BCUT2D eigenvalue weighted by molar-refractivity contribution is 0.0697. The maximum absolute atomic E-state index is 10.9. The highest BCUT2D eigenvalue weighted by molar-refractivity contribution is 5.92. The zero-order valence-electron chi connectivity index (χ0n) is 10.8. The molecule has 100 valence electrons. The number of aromatic carboxylic acids is 1.